The highest BCUT2D eigenvalue weighted by molar-refractivity contribution is 8.00. The first kappa shape index (κ1) is 12.1. The smallest absolute Gasteiger partial charge is 0.0788 e. The van der Waals surface area contributed by atoms with Gasteiger partial charge in [-0.15, -0.1) is 0 Å². The van der Waals surface area contributed by atoms with Gasteiger partial charge in [0.05, 0.1) is 5.60 Å². The molecule has 0 saturated carbocycles. The van der Waals surface area contributed by atoms with E-state index in [2.05, 4.69) is 49.4 Å². The zero-order chi connectivity index (χ0) is 12.6. The zero-order valence-corrected chi connectivity index (χ0v) is 11.4. The van der Waals surface area contributed by atoms with E-state index in [-0.39, 0.29) is 0 Å². The van der Waals surface area contributed by atoms with Crippen LogP contribution in [0.4, 0.5) is 0 Å². The lowest BCUT2D eigenvalue weighted by Gasteiger charge is -2.22. The average Bonchev–Trinajstić information content (AvgIpc) is 2.70. The third-order valence-corrected chi connectivity index (χ3v) is 5.14. The van der Waals surface area contributed by atoms with Crippen molar-refractivity contribution in [1.82, 2.24) is 0 Å². The van der Waals surface area contributed by atoms with Gasteiger partial charge in [0.1, 0.15) is 0 Å². The summed E-state index contributed by atoms with van der Waals surface area (Å²) in [6.07, 6.45) is 1.67. The molecule has 2 unspecified atom stereocenters. The quantitative estimate of drug-likeness (QED) is 0.887. The molecule has 0 bridgehead atoms. The van der Waals surface area contributed by atoms with E-state index in [0.29, 0.717) is 5.25 Å². The van der Waals surface area contributed by atoms with E-state index in [1.54, 1.807) is 0 Å². The summed E-state index contributed by atoms with van der Waals surface area (Å²) in [7, 11) is 0. The lowest BCUT2D eigenvalue weighted by atomic mass is 9.90. The predicted molar refractivity (Wildman–Crippen MR) is 79.1 cm³/mol. The van der Waals surface area contributed by atoms with Crippen LogP contribution in [0, 0.1) is 0 Å². The van der Waals surface area contributed by atoms with E-state index < -0.39 is 5.60 Å². The van der Waals surface area contributed by atoms with Crippen molar-refractivity contribution in [2.75, 3.05) is 5.75 Å². The molecule has 1 aliphatic heterocycles. The topological polar surface area (TPSA) is 20.2 Å². The molecule has 1 saturated heterocycles. The molecule has 1 heterocycles. The van der Waals surface area contributed by atoms with Gasteiger partial charge in [0.25, 0.3) is 0 Å². The first-order valence-corrected chi connectivity index (χ1v) is 7.52. The first-order chi connectivity index (χ1) is 8.66. The molecular weight excluding hydrogens is 240 g/mol. The van der Waals surface area contributed by atoms with Gasteiger partial charge in [-0.05, 0) is 22.8 Å². The predicted octanol–water partition coefficient (Wildman–Crippen LogP) is 3.64. The highest BCUT2D eigenvalue weighted by atomic mass is 32.2. The molecule has 1 fully saturated rings. The lowest BCUT2D eigenvalue weighted by Crippen LogP contribution is -2.31. The largest absolute Gasteiger partial charge is 0.389 e. The Morgan fingerprint density at radius 2 is 2.00 bits per heavy atom. The molecule has 94 valence electrons. The van der Waals surface area contributed by atoms with Crippen LogP contribution in [-0.4, -0.2) is 21.7 Å². The summed E-state index contributed by atoms with van der Waals surface area (Å²) in [6, 6.07) is 14.8. The lowest BCUT2D eigenvalue weighted by molar-refractivity contribution is 0.0646. The summed E-state index contributed by atoms with van der Waals surface area (Å²) < 4.78 is 0. The monoisotopic (exact) mass is 258 g/mol. The molecule has 0 spiro atoms. The first-order valence-electron chi connectivity index (χ1n) is 6.47. The molecule has 2 aromatic rings. The van der Waals surface area contributed by atoms with Gasteiger partial charge in [-0.2, -0.15) is 11.8 Å². The Bertz CT molecular complexity index is 561. The number of thioether (sulfide) groups is 1. The van der Waals surface area contributed by atoms with Gasteiger partial charge in [0.15, 0.2) is 0 Å². The van der Waals surface area contributed by atoms with Gasteiger partial charge < -0.3 is 5.11 Å². The number of hydrogen-bond donors (Lipinski definition) is 1. The Morgan fingerprint density at radius 1 is 1.22 bits per heavy atom. The molecule has 2 atom stereocenters. The zero-order valence-electron chi connectivity index (χ0n) is 10.6. The van der Waals surface area contributed by atoms with Crippen molar-refractivity contribution in [3.63, 3.8) is 0 Å². The van der Waals surface area contributed by atoms with E-state index in [0.717, 1.165) is 18.6 Å². The van der Waals surface area contributed by atoms with Gasteiger partial charge in [0, 0.05) is 17.4 Å². The Labute approximate surface area is 112 Å². The number of hydrogen-bond acceptors (Lipinski definition) is 2. The molecule has 1 aliphatic rings. The summed E-state index contributed by atoms with van der Waals surface area (Å²) in [4.78, 5) is 0. The second kappa shape index (κ2) is 4.60. The maximum absolute atomic E-state index is 10.7. The molecule has 2 heteroatoms. The molecule has 3 rings (SSSR count). The Balaban J connectivity index is 1.95. The Morgan fingerprint density at radius 3 is 2.78 bits per heavy atom. The van der Waals surface area contributed by atoms with E-state index in [4.69, 9.17) is 0 Å². The second-order valence-corrected chi connectivity index (χ2v) is 6.79. The van der Waals surface area contributed by atoms with Crippen molar-refractivity contribution in [2.24, 2.45) is 0 Å². The fourth-order valence-corrected chi connectivity index (χ4v) is 4.12. The highest BCUT2D eigenvalue weighted by Crippen LogP contribution is 2.37. The van der Waals surface area contributed by atoms with Gasteiger partial charge in [-0.1, -0.05) is 49.4 Å². The van der Waals surface area contributed by atoms with Gasteiger partial charge in [0.2, 0.25) is 0 Å². The SMILES string of the molecule is CC1CC(O)(Cc2cccc3ccccc23)CS1. The fraction of sp³-hybridized carbons (Fsp3) is 0.375. The standard InChI is InChI=1S/C16H18OS/c1-12-9-16(17,11-18-12)10-14-7-4-6-13-5-2-3-8-15(13)14/h2-8,12,17H,9-11H2,1H3. The molecule has 1 N–H and O–H groups in total. The van der Waals surface area contributed by atoms with Crippen LogP contribution in [0.1, 0.15) is 18.9 Å². The van der Waals surface area contributed by atoms with E-state index in [1.165, 1.54) is 16.3 Å². The van der Waals surface area contributed by atoms with E-state index in [9.17, 15) is 5.11 Å². The number of fused-ring (bicyclic) bond motifs is 1. The van der Waals surface area contributed by atoms with E-state index in [1.807, 2.05) is 11.8 Å². The van der Waals surface area contributed by atoms with Gasteiger partial charge in [-0.3, -0.25) is 0 Å². The minimum absolute atomic E-state index is 0.520. The van der Waals surface area contributed by atoms with Gasteiger partial charge >= 0.3 is 0 Å². The van der Waals surface area contributed by atoms with Crippen molar-refractivity contribution in [1.29, 1.82) is 0 Å². The summed E-state index contributed by atoms with van der Waals surface area (Å²) in [6.45, 7) is 2.20. The summed E-state index contributed by atoms with van der Waals surface area (Å²) >= 11 is 1.88. The molecule has 0 amide bonds. The minimum Gasteiger partial charge on any atom is -0.389 e. The maximum Gasteiger partial charge on any atom is 0.0788 e. The highest BCUT2D eigenvalue weighted by Gasteiger charge is 2.36. The Kier molecular flexibility index (Phi) is 3.08. The molecule has 0 aliphatic carbocycles. The van der Waals surface area contributed by atoms with Crippen LogP contribution >= 0.6 is 11.8 Å². The number of benzene rings is 2. The van der Waals surface area contributed by atoms with E-state index >= 15 is 0 Å². The molecule has 0 aromatic heterocycles. The average molecular weight is 258 g/mol. The van der Waals surface area contributed by atoms with Crippen LogP contribution < -0.4 is 0 Å². The summed E-state index contributed by atoms with van der Waals surface area (Å²) in [5.74, 6) is 0.859. The van der Waals surface area contributed by atoms with Crippen molar-refractivity contribution < 1.29 is 5.11 Å². The van der Waals surface area contributed by atoms with Crippen LogP contribution in [0.25, 0.3) is 10.8 Å². The summed E-state index contributed by atoms with van der Waals surface area (Å²) in [5.41, 5.74) is 0.749. The minimum atomic E-state index is -0.520. The van der Waals surface area contributed by atoms with Crippen LogP contribution in [0.3, 0.4) is 0 Å². The van der Waals surface area contributed by atoms with Crippen molar-refractivity contribution >= 4 is 22.5 Å². The number of rotatable bonds is 2. The summed E-state index contributed by atoms with van der Waals surface area (Å²) in [5, 5.41) is 13.8. The third kappa shape index (κ3) is 2.27. The number of aliphatic hydroxyl groups is 1. The fourth-order valence-electron chi connectivity index (χ4n) is 2.87. The van der Waals surface area contributed by atoms with Crippen molar-refractivity contribution in [2.45, 2.75) is 30.6 Å². The van der Waals surface area contributed by atoms with Gasteiger partial charge in [-0.25, -0.2) is 0 Å². The van der Waals surface area contributed by atoms with Crippen LogP contribution in [0.15, 0.2) is 42.5 Å². The molecule has 0 radical (unpaired) electrons. The third-order valence-electron chi connectivity index (χ3n) is 3.70. The maximum atomic E-state index is 10.7. The van der Waals surface area contributed by atoms with Crippen LogP contribution in [0.2, 0.25) is 0 Å². The molecular formula is C16H18OS. The normalized spacial score (nSPS) is 27.8. The van der Waals surface area contributed by atoms with Crippen molar-refractivity contribution in [3.8, 4) is 0 Å². The molecule has 18 heavy (non-hydrogen) atoms. The van der Waals surface area contributed by atoms with Crippen LogP contribution in [-0.2, 0) is 6.42 Å². The Hall–Kier alpha value is -0.990. The molecule has 1 nitrogen and oxygen atoms in total. The van der Waals surface area contributed by atoms with Crippen LogP contribution in [0.5, 0.6) is 0 Å². The molecule has 2 aromatic carbocycles. The van der Waals surface area contributed by atoms with Crippen molar-refractivity contribution in [3.05, 3.63) is 48.0 Å². The second-order valence-electron chi connectivity index (χ2n) is 5.37.